The Kier molecular flexibility index (Phi) is 4.60. The van der Waals surface area contributed by atoms with Gasteiger partial charge in [0.2, 0.25) is 0 Å². The molecule has 0 spiro atoms. The van der Waals surface area contributed by atoms with E-state index in [2.05, 4.69) is 5.32 Å². The van der Waals surface area contributed by atoms with Crippen molar-refractivity contribution in [1.82, 2.24) is 10.2 Å². The predicted octanol–water partition coefficient (Wildman–Crippen LogP) is 3.22. The minimum absolute atomic E-state index is 0.109. The van der Waals surface area contributed by atoms with Gasteiger partial charge in [0, 0.05) is 0 Å². The Bertz CT molecular complexity index is 539. The van der Waals surface area contributed by atoms with Crippen molar-refractivity contribution in [2.75, 3.05) is 0 Å². The molecule has 0 radical (unpaired) electrons. The maximum Gasteiger partial charge on any atom is 0.325 e. The van der Waals surface area contributed by atoms with E-state index in [-0.39, 0.29) is 24.3 Å². The fraction of sp³-hybridized carbons (Fsp3) is 0.500. The number of imide groups is 1. The highest BCUT2D eigenvalue weighted by Crippen LogP contribution is 2.29. The molecule has 2 rings (SSSR count). The third-order valence-electron chi connectivity index (χ3n) is 3.83. The Balaban J connectivity index is 2.21. The van der Waals surface area contributed by atoms with Crippen LogP contribution in [0.1, 0.15) is 45.1 Å². The van der Waals surface area contributed by atoms with Crippen molar-refractivity contribution < 1.29 is 14.0 Å². The Labute approximate surface area is 124 Å². The van der Waals surface area contributed by atoms with Gasteiger partial charge in [-0.15, -0.1) is 0 Å². The molecule has 0 aromatic heterocycles. The lowest BCUT2D eigenvalue weighted by molar-refractivity contribution is -0.132. The average Bonchev–Trinajstić information content (AvgIpc) is 2.65. The zero-order chi connectivity index (χ0) is 15.5. The summed E-state index contributed by atoms with van der Waals surface area (Å²) in [6.07, 6.45) is 2.90. The number of carbonyl (C=O) groups excluding carboxylic acids is 2. The third kappa shape index (κ3) is 3.06. The van der Waals surface area contributed by atoms with Crippen molar-refractivity contribution in [2.24, 2.45) is 0 Å². The molecule has 1 saturated heterocycles. The molecule has 0 bridgehead atoms. The van der Waals surface area contributed by atoms with Crippen molar-refractivity contribution in [3.63, 3.8) is 0 Å². The first-order valence-corrected chi connectivity index (χ1v) is 7.41. The van der Waals surface area contributed by atoms with Crippen LogP contribution in [0.15, 0.2) is 24.3 Å². The molecule has 1 N–H and O–H groups in total. The Morgan fingerprint density at radius 1 is 1.19 bits per heavy atom. The highest BCUT2D eigenvalue weighted by atomic mass is 19.1. The molecule has 21 heavy (non-hydrogen) atoms. The van der Waals surface area contributed by atoms with Crippen LogP contribution in [0.3, 0.4) is 0 Å². The SMILES string of the molecule is CCCC1(CCC)NC(=O)N(Cc2cccc(F)c2)C1=O. The quantitative estimate of drug-likeness (QED) is 0.818. The van der Waals surface area contributed by atoms with E-state index in [1.807, 2.05) is 13.8 Å². The highest BCUT2D eigenvalue weighted by molar-refractivity contribution is 6.06. The van der Waals surface area contributed by atoms with Crippen LogP contribution in [-0.2, 0) is 11.3 Å². The molecule has 0 saturated carbocycles. The van der Waals surface area contributed by atoms with Crippen LogP contribution >= 0.6 is 0 Å². The fourth-order valence-electron chi connectivity index (χ4n) is 2.96. The number of benzene rings is 1. The van der Waals surface area contributed by atoms with Gasteiger partial charge in [0.05, 0.1) is 6.54 Å². The average molecular weight is 292 g/mol. The van der Waals surface area contributed by atoms with Gasteiger partial charge in [-0.2, -0.15) is 0 Å². The summed E-state index contributed by atoms with van der Waals surface area (Å²) in [5.74, 6) is -0.562. The van der Waals surface area contributed by atoms with Crippen molar-refractivity contribution in [1.29, 1.82) is 0 Å². The van der Waals surface area contributed by atoms with Gasteiger partial charge < -0.3 is 5.32 Å². The topological polar surface area (TPSA) is 49.4 Å². The molecule has 4 nitrogen and oxygen atoms in total. The van der Waals surface area contributed by atoms with Crippen LogP contribution in [0.2, 0.25) is 0 Å². The van der Waals surface area contributed by atoms with Crippen molar-refractivity contribution in [3.05, 3.63) is 35.6 Å². The second-order valence-electron chi connectivity index (χ2n) is 5.53. The van der Waals surface area contributed by atoms with Crippen LogP contribution in [-0.4, -0.2) is 22.4 Å². The molecule has 0 unspecified atom stereocenters. The van der Waals surface area contributed by atoms with E-state index in [0.29, 0.717) is 18.4 Å². The minimum atomic E-state index is -0.784. The number of carbonyl (C=O) groups is 2. The Hall–Kier alpha value is -1.91. The van der Waals surface area contributed by atoms with Gasteiger partial charge in [0.1, 0.15) is 11.4 Å². The van der Waals surface area contributed by atoms with E-state index >= 15 is 0 Å². The van der Waals surface area contributed by atoms with E-state index in [1.54, 1.807) is 12.1 Å². The molecule has 114 valence electrons. The summed E-state index contributed by atoms with van der Waals surface area (Å²) in [5, 5.41) is 2.85. The first-order chi connectivity index (χ1) is 10.0. The molecule has 1 aromatic rings. The molecule has 1 fully saturated rings. The van der Waals surface area contributed by atoms with Gasteiger partial charge in [-0.1, -0.05) is 38.8 Å². The second-order valence-corrected chi connectivity index (χ2v) is 5.53. The summed E-state index contributed by atoms with van der Waals surface area (Å²) < 4.78 is 13.2. The lowest BCUT2D eigenvalue weighted by atomic mass is 9.88. The molecule has 1 heterocycles. The van der Waals surface area contributed by atoms with Crippen molar-refractivity contribution in [3.8, 4) is 0 Å². The molecular weight excluding hydrogens is 271 g/mol. The summed E-state index contributed by atoms with van der Waals surface area (Å²) in [6.45, 7) is 4.09. The number of urea groups is 1. The number of hydrogen-bond acceptors (Lipinski definition) is 2. The van der Waals surface area contributed by atoms with Gasteiger partial charge in [-0.3, -0.25) is 9.69 Å². The molecular formula is C16H21FN2O2. The molecule has 1 aliphatic heterocycles. The standard InChI is InChI=1S/C16H21FN2O2/c1-3-8-16(9-4-2)14(20)19(15(21)18-16)11-12-6-5-7-13(17)10-12/h5-7,10H,3-4,8-9,11H2,1-2H3,(H,18,21). The molecule has 1 aliphatic rings. The lowest BCUT2D eigenvalue weighted by Crippen LogP contribution is -2.46. The van der Waals surface area contributed by atoms with E-state index < -0.39 is 5.54 Å². The third-order valence-corrected chi connectivity index (χ3v) is 3.83. The van der Waals surface area contributed by atoms with Crippen LogP contribution < -0.4 is 5.32 Å². The van der Waals surface area contributed by atoms with E-state index in [9.17, 15) is 14.0 Å². The van der Waals surface area contributed by atoms with E-state index in [0.717, 1.165) is 12.8 Å². The summed E-state index contributed by atoms with van der Waals surface area (Å²) in [7, 11) is 0. The van der Waals surface area contributed by atoms with Crippen LogP contribution in [0.25, 0.3) is 0 Å². The number of halogens is 1. The molecule has 1 aromatic carbocycles. The first kappa shape index (κ1) is 15.5. The molecule has 3 amide bonds. The smallest absolute Gasteiger partial charge is 0.323 e. The fourth-order valence-corrected chi connectivity index (χ4v) is 2.96. The largest absolute Gasteiger partial charge is 0.325 e. The van der Waals surface area contributed by atoms with Crippen molar-refractivity contribution in [2.45, 2.75) is 51.6 Å². The summed E-state index contributed by atoms with van der Waals surface area (Å²) in [4.78, 5) is 26.0. The van der Waals surface area contributed by atoms with Gasteiger partial charge in [0.15, 0.2) is 0 Å². The van der Waals surface area contributed by atoms with Crippen LogP contribution in [0.5, 0.6) is 0 Å². The van der Waals surface area contributed by atoms with Gasteiger partial charge >= 0.3 is 6.03 Å². The maximum atomic E-state index is 13.2. The lowest BCUT2D eigenvalue weighted by Gasteiger charge is -2.25. The Morgan fingerprint density at radius 3 is 2.43 bits per heavy atom. The Morgan fingerprint density at radius 2 is 1.86 bits per heavy atom. The highest BCUT2D eigenvalue weighted by Gasteiger charge is 2.49. The van der Waals surface area contributed by atoms with Crippen molar-refractivity contribution >= 4 is 11.9 Å². The van der Waals surface area contributed by atoms with Gasteiger partial charge in [0.25, 0.3) is 5.91 Å². The normalized spacial score (nSPS) is 17.2. The summed E-state index contributed by atoms with van der Waals surface area (Å²) in [5.41, 5.74) is -0.171. The van der Waals surface area contributed by atoms with Crippen LogP contribution in [0.4, 0.5) is 9.18 Å². The number of nitrogens with zero attached hydrogens (tertiary/aromatic N) is 1. The molecule has 0 atom stereocenters. The van der Waals surface area contributed by atoms with E-state index in [4.69, 9.17) is 0 Å². The number of rotatable bonds is 6. The zero-order valence-corrected chi connectivity index (χ0v) is 12.5. The monoisotopic (exact) mass is 292 g/mol. The summed E-state index contributed by atoms with van der Waals surface area (Å²) in [6, 6.07) is 5.59. The van der Waals surface area contributed by atoms with Crippen LogP contribution in [0, 0.1) is 5.82 Å². The van der Waals surface area contributed by atoms with Gasteiger partial charge in [-0.25, -0.2) is 9.18 Å². The maximum absolute atomic E-state index is 13.2. The second kappa shape index (κ2) is 6.24. The number of nitrogens with one attached hydrogen (secondary N) is 1. The molecule has 5 heteroatoms. The number of amides is 3. The zero-order valence-electron chi connectivity index (χ0n) is 12.5. The van der Waals surface area contributed by atoms with E-state index in [1.165, 1.54) is 17.0 Å². The molecule has 0 aliphatic carbocycles. The first-order valence-electron chi connectivity index (χ1n) is 7.41. The predicted molar refractivity (Wildman–Crippen MR) is 78.0 cm³/mol. The minimum Gasteiger partial charge on any atom is -0.323 e. The van der Waals surface area contributed by atoms with Gasteiger partial charge in [-0.05, 0) is 30.5 Å². The summed E-state index contributed by atoms with van der Waals surface area (Å²) >= 11 is 0. The number of hydrogen-bond donors (Lipinski definition) is 1.